The number of thiophene rings is 1. The molecular formula is C18H20N2O4S. The zero-order chi connectivity index (χ0) is 18.4. The fourth-order valence-corrected chi connectivity index (χ4v) is 2.90. The summed E-state index contributed by atoms with van der Waals surface area (Å²) in [4.78, 5) is 36.1. The number of amides is 2. The van der Waals surface area contributed by atoms with Crippen LogP contribution in [0.25, 0.3) is 0 Å². The molecule has 0 saturated carbocycles. The molecule has 7 heteroatoms. The maximum Gasteiger partial charge on any atom is 0.348 e. The molecule has 0 atom stereocenters. The Bertz CT molecular complexity index is 766. The van der Waals surface area contributed by atoms with Crippen LogP contribution < -0.4 is 10.6 Å². The number of methoxy groups -OCH3 is 1. The molecule has 2 N–H and O–H groups in total. The number of hydrogen-bond acceptors (Lipinski definition) is 5. The number of carbonyl (C=O) groups excluding carboxylic acids is 3. The van der Waals surface area contributed by atoms with Crippen molar-refractivity contribution in [2.24, 2.45) is 5.92 Å². The Balaban J connectivity index is 1.96. The van der Waals surface area contributed by atoms with Gasteiger partial charge in [-0.1, -0.05) is 13.8 Å². The highest BCUT2D eigenvalue weighted by Gasteiger charge is 2.14. The molecule has 0 saturated heterocycles. The van der Waals surface area contributed by atoms with Crippen LogP contribution in [-0.2, 0) is 9.53 Å². The summed E-state index contributed by atoms with van der Waals surface area (Å²) in [7, 11) is 1.29. The third-order valence-electron chi connectivity index (χ3n) is 3.24. The van der Waals surface area contributed by atoms with Crippen LogP contribution >= 0.6 is 11.3 Å². The van der Waals surface area contributed by atoms with Gasteiger partial charge in [0.1, 0.15) is 4.88 Å². The smallest absolute Gasteiger partial charge is 0.348 e. The van der Waals surface area contributed by atoms with Crippen molar-refractivity contribution in [2.45, 2.75) is 20.3 Å². The van der Waals surface area contributed by atoms with Crippen molar-refractivity contribution >= 4 is 40.5 Å². The molecule has 1 aromatic carbocycles. The number of nitrogens with one attached hydrogen (secondary N) is 2. The van der Waals surface area contributed by atoms with Crippen molar-refractivity contribution in [2.75, 3.05) is 17.7 Å². The van der Waals surface area contributed by atoms with Crippen molar-refractivity contribution in [3.63, 3.8) is 0 Å². The standard InChI is InChI=1S/C18H20N2O4S/c1-11(2)10-16(21)19-12-4-6-13(7-5-12)20-17(22)14-8-9-15(25-14)18(23)24-3/h4-9,11H,10H2,1-3H3,(H,19,21)(H,20,22). The van der Waals surface area contributed by atoms with E-state index in [-0.39, 0.29) is 11.8 Å². The summed E-state index contributed by atoms with van der Waals surface area (Å²) >= 11 is 1.07. The number of rotatable bonds is 6. The zero-order valence-electron chi connectivity index (χ0n) is 14.3. The van der Waals surface area contributed by atoms with Gasteiger partial charge in [-0.3, -0.25) is 9.59 Å². The predicted octanol–water partition coefficient (Wildman–Crippen LogP) is 3.77. The van der Waals surface area contributed by atoms with Crippen LogP contribution in [0.4, 0.5) is 11.4 Å². The highest BCUT2D eigenvalue weighted by atomic mass is 32.1. The van der Waals surface area contributed by atoms with E-state index < -0.39 is 5.97 Å². The number of hydrogen-bond donors (Lipinski definition) is 2. The number of anilines is 2. The van der Waals surface area contributed by atoms with E-state index in [1.165, 1.54) is 7.11 Å². The second-order valence-electron chi connectivity index (χ2n) is 5.83. The van der Waals surface area contributed by atoms with Crippen LogP contribution in [0, 0.1) is 5.92 Å². The normalized spacial score (nSPS) is 10.4. The van der Waals surface area contributed by atoms with E-state index in [1.807, 2.05) is 13.8 Å². The van der Waals surface area contributed by atoms with Gasteiger partial charge in [0, 0.05) is 17.8 Å². The molecule has 2 aromatic rings. The fraction of sp³-hybridized carbons (Fsp3) is 0.278. The molecule has 2 rings (SSSR count). The molecule has 1 aromatic heterocycles. The lowest BCUT2D eigenvalue weighted by Gasteiger charge is -2.08. The molecule has 25 heavy (non-hydrogen) atoms. The highest BCUT2D eigenvalue weighted by molar-refractivity contribution is 7.16. The molecule has 0 aliphatic rings. The minimum Gasteiger partial charge on any atom is -0.465 e. The topological polar surface area (TPSA) is 84.5 Å². The van der Waals surface area contributed by atoms with E-state index in [0.29, 0.717) is 33.5 Å². The van der Waals surface area contributed by atoms with E-state index >= 15 is 0 Å². The molecule has 6 nitrogen and oxygen atoms in total. The lowest BCUT2D eigenvalue weighted by atomic mass is 10.1. The molecule has 1 heterocycles. The first-order valence-corrected chi connectivity index (χ1v) is 8.60. The first-order chi connectivity index (χ1) is 11.9. The molecule has 0 aliphatic heterocycles. The second kappa shape index (κ2) is 8.43. The Labute approximate surface area is 150 Å². The summed E-state index contributed by atoms with van der Waals surface area (Å²) < 4.78 is 4.62. The van der Waals surface area contributed by atoms with Crippen LogP contribution in [0.3, 0.4) is 0 Å². The maximum absolute atomic E-state index is 12.2. The SMILES string of the molecule is COC(=O)c1ccc(C(=O)Nc2ccc(NC(=O)CC(C)C)cc2)s1. The molecular weight excluding hydrogens is 340 g/mol. The van der Waals surface area contributed by atoms with E-state index in [9.17, 15) is 14.4 Å². The summed E-state index contributed by atoms with van der Waals surface area (Å²) in [5.41, 5.74) is 1.27. The van der Waals surface area contributed by atoms with Crippen molar-refractivity contribution in [1.29, 1.82) is 0 Å². The number of carbonyl (C=O) groups is 3. The predicted molar refractivity (Wildman–Crippen MR) is 98.1 cm³/mol. The minimum absolute atomic E-state index is 0.0410. The van der Waals surface area contributed by atoms with Gasteiger partial charge in [0.15, 0.2) is 0 Å². The van der Waals surface area contributed by atoms with Gasteiger partial charge in [-0.15, -0.1) is 11.3 Å². The number of ether oxygens (including phenoxy) is 1. The van der Waals surface area contributed by atoms with Crippen LogP contribution in [0.1, 0.15) is 39.6 Å². The van der Waals surface area contributed by atoms with Gasteiger partial charge in [0.05, 0.1) is 12.0 Å². The molecule has 0 spiro atoms. The van der Waals surface area contributed by atoms with E-state index in [4.69, 9.17) is 0 Å². The lowest BCUT2D eigenvalue weighted by molar-refractivity contribution is -0.116. The van der Waals surface area contributed by atoms with Crippen molar-refractivity contribution in [3.8, 4) is 0 Å². The van der Waals surface area contributed by atoms with Crippen LogP contribution in [0.2, 0.25) is 0 Å². The van der Waals surface area contributed by atoms with Crippen LogP contribution in [0.15, 0.2) is 36.4 Å². The van der Waals surface area contributed by atoms with Gasteiger partial charge in [-0.25, -0.2) is 4.79 Å². The average Bonchev–Trinajstić information content (AvgIpc) is 3.05. The maximum atomic E-state index is 12.2. The van der Waals surface area contributed by atoms with E-state index in [2.05, 4.69) is 15.4 Å². The lowest BCUT2D eigenvalue weighted by Crippen LogP contribution is -2.14. The van der Waals surface area contributed by atoms with Gasteiger partial charge in [-0.2, -0.15) is 0 Å². The highest BCUT2D eigenvalue weighted by Crippen LogP contribution is 2.20. The summed E-state index contributed by atoms with van der Waals surface area (Å²) in [6.45, 7) is 3.96. The first-order valence-electron chi connectivity index (χ1n) is 7.78. The Morgan fingerprint density at radius 3 is 2.08 bits per heavy atom. The van der Waals surface area contributed by atoms with Crippen molar-refractivity contribution in [1.82, 2.24) is 0 Å². The van der Waals surface area contributed by atoms with Crippen LogP contribution in [-0.4, -0.2) is 24.9 Å². The molecule has 2 amide bonds. The van der Waals surface area contributed by atoms with Gasteiger partial charge in [0.2, 0.25) is 5.91 Å². The fourth-order valence-electron chi connectivity index (χ4n) is 2.08. The minimum atomic E-state index is -0.467. The van der Waals surface area contributed by atoms with E-state index in [1.54, 1.807) is 36.4 Å². The molecule has 0 aliphatic carbocycles. The van der Waals surface area contributed by atoms with Crippen molar-refractivity contribution in [3.05, 3.63) is 46.2 Å². The molecule has 0 fully saturated rings. The summed E-state index contributed by atoms with van der Waals surface area (Å²) in [5, 5.41) is 5.55. The third kappa shape index (κ3) is 5.42. The van der Waals surface area contributed by atoms with Crippen LogP contribution in [0.5, 0.6) is 0 Å². The van der Waals surface area contributed by atoms with Gasteiger partial charge >= 0.3 is 5.97 Å². The Morgan fingerprint density at radius 1 is 0.960 bits per heavy atom. The quantitative estimate of drug-likeness (QED) is 0.768. The van der Waals surface area contributed by atoms with Gasteiger partial charge in [0.25, 0.3) is 5.91 Å². The molecule has 0 bridgehead atoms. The van der Waals surface area contributed by atoms with Gasteiger partial charge < -0.3 is 15.4 Å². The molecule has 0 unspecified atom stereocenters. The molecule has 132 valence electrons. The zero-order valence-corrected chi connectivity index (χ0v) is 15.1. The monoisotopic (exact) mass is 360 g/mol. The number of benzene rings is 1. The Kier molecular flexibility index (Phi) is 6.30. The third-order valence-corrected chi connectivity index (χ3v) is 4.30. The first kappa shape index (κ1) is 18.7. The van der Waals surface area contributed by atoms with Crippen molar-refractivity contribution < 1.29 is 19.1 Å². The molecule has 0 radical (unpaired) electrons. The van der Waals surface area contributed by atoms with Gasteiger partial charge in [-0.05, 0) is 42.3 Å². The summed E-state index contributed by atoms with van der Waals surface area (Å²) in [6.07, 6.45) is 0.458. The largest absolute Gasteiger partial charge is 0.465 e. The summed E-state index contributed by atoms with van der Waals surface area (Å²) in [6, 6.07) is 9.99. The average molecular weight is 360 g/mol. The second-order valence-corrected chi connectivity index (χ2v) is 6.92. The summed E-state index contributed by atoms with van der Waals surface area (Å²) in [5.74, 6) is -0.526. The Morgan fingerprint density at radius 2 is 1.52 bits per heavy atom. The van der Waals surface area contributed by atoms with E-state index in [0.717, 1.165) is 11.3 Å². The Hall–Kier alpha value is -2.67. The number of esters is 1.